The van der Waals surface area contributed by atoms with E-state index in [4.69, 9.17) is 4.99 Å². The molecule has 7 heteroatoms. The van der Waals surface area contributed by atoms with E-state index in [2.05, 4.69) is 52.7 Å². The first-order chi connectivity index (χ1) is 18.9. The maximum atomic E-state index is 14.3. The Hall–Kier alpha value is -4.18. The fourth-order valence-corrected chi connectivity index (χ4v) is 5.70. The first-order valence-corrected chi connectivity index (χ1v) is 13.7. The molecule has 1 fully saturated rings. The molecule has 39 heavy (non-hydrogen) atoms. The van der Waals surface area contributed by atoms with Crippen LogP contribution in [-0.4, -0.2) is 15.2 Å². The number of nitro benzene ring substituents is 1. The molecule has 1 saturated carbocycles. The summed E-state index contributed by atoms with van der Waals surface area (Å²) in [6.07, 6.45) is 11.4. The van der Waals surface area contributed by atoms with E-state index in [1.165, 1.54) is 36.1 Å². The van der Waals surface area contributed by atoms with Gasteiger partial charge in [-0.05, 0) is 56.2 Å². The van der Waals surface area contributed by atoms with Gasteiger partial charge in [-0.1, -0.05) is 62.5 Å². The zero-order valence-corrected chi connectivity index (χ0v) is 22.5. The maximum Gasteiger partial charge on any atom is 0.306 e. The second kappa shape index (κ2) is 11.3. The number of para-hydroxylation sites is 1. The lowest BCUT2D eigenvalue weighted by Gasteiger charge is -2.14. The van der Waals surface area contributed by atoms with Gasteiger partial charge in [-0.25, -0.2) is 4.99 Å². The van der Waals surface area contributed by atoms with Crippen molar-refractivity contribution in [1.82, 2.24) is 4.57 Å². The van der Waals surface area contributed by atoms with Gasteiger partial charge in [-0.3, -0.25) is 10.1 Å². The molecule has 2 aliphatic rings. The van der Waals surface area contributed by atoms with Crippen molar-refractivity contribution in [2.75, 3.05) is 5.32 Å². The third-order valence-corrected chi connectivity index (χ3v) is 7.67. The molecule has 0 amide bonds. The number of nitrogens with zero attached hydrogens (tertiary/aromatic N) is 3. The van der Waals surface area contributed by atoms with Crippen molar-refractivity contribution < 1.29 is 9.31 Å². The average molecular weight is 525 g/mol. The van der Waals surface area contributed by atoms with Gasteiger partial charge in [0.1, 0.15) is 5.82 Å². The molecule has 0 atom stereocenters. The predicted molar refractivity (Wildman–Crippen MR) is 155 cm³/mol. The van der Waals surface area contributed by atoms with Crippen LogP contribution in [0.2, 0.25) is 0 Å². The third-order valence-electron chi connectivity index (χ3n) is 7.67. The van der Waals surface area contributed by atoms with Crippen LogP contribution < -0.4 is 5.32 Å². The molecule has 1 aliphatic carbocycles. The van der Waals surface area contributed by atoms with Crippen LogP contribution in [0.3, 0.4) is 0 Å². The minimum absolute atomic E-state index is 0.301. The van der Waals surface area contributed by atoms with Crippen LogP contribution in [0.4, 0.5) is 15.8 Å². The Morgan fingerprint density at radius 1 is 1.31 bits per heavy atom. The number of aromatic nitrogens is 1. The molecule has 0 radical (unpaired) electrons. The summed E-state index contributed by atoms with van der Waals surface area (Å²) < 4.78 is 16.6. The molecule has 3 aromatic rings. The monoisotopic (exact) mass is 524 g/mol. The smallest absolute Gasteiger partial charge is 0.306 e. The molecule has 1 aliphatic heterocycles. The zero-order chi connectivity index (χ0) is 27.5. The van der Waals surface area contributed by atoms with E-state index in [-0.39, 0.29) is 0 Å². The summed E-state index contributed by atoms with van der Waals surface area (Å²) in [5.74, 6) is 6.73. The largest absolute Gasteiger partial charge is 0.347 e. The molecule has 1 aromatic heterocycles. The van der Waals surface area contributed by atoms with Crippen LogP contribution in [0.1, 0.15) is 62.6 Å². The summed E-state index contributed by atoms with van der Waals surface area (Å²) in [5.41, 5.74) is 5.49. The van der Waals surface area contributed by atoms with Crippen molar-refractivity contribution in [3.8, 4) is 11.8 Å². The Balaban J connectivity index is 1.60. The fraction of sp³-hybridized carbons (Fsp3) is 0.344. The number of allylic oxidation sites excluding steroid dienone is 2. The number of anilines is 1. The summed E-state index contributed by atoms with van der Waals surface area (Å²) in [6, 6.07) is 8.81. The number of aliphatic imine (C=N–C) groups is 1. The van der Waals surface area contributed by atoms with Crippen LogP contribution in [0.5, 0.6) is 0 Å². The molecule has 200 valence electrons. The van der Waals surface area contributed by atoms with Gasteiger partial charge in [0.2, 0.25) is 5.82 Å². The summed E-state index contributed by atoms with van der Waals surface area (Å²) >= 11 is 0. The number of aryl methyl sites for hydroxylation is 3. The molecule has 6 nitrogen and oxygen atoms in total. The highest BCUT2D eigenvalue weighted by molar-refractivity contribution is 6.22. The average Bonchev–Trinajstić information content (AvgIpc) is 3.58. The Kier molecular flexibility index (Phi) is 7.65. The van der Waals surface area contributed by atoms with Crippen molar-refractivity contribution >= 4 is 28.0 Å². The molecule has 0 spiro atoms. The maximum absolute atomic E-state index is 14.3. The molecule has 1 N–H and O–H groups in total. The van der Waals surface area contributed by atoms with Crippen LogP contribution in [-0.2, 0) is 19.4 Å². The standard InChI is InChI=1S/C32H33FN4O2/c1-4-23(16-15-22-10-6-7-11-22)31(27-20-36-17-9-13-25-12-8-14-26(27)32(25)36)35-21(3)34-29-19-30(37(38)39)28(33)18-24(29)5-2/h4,8,12,14,18-20,22,34H,3,5-7,9-11,13,17H2,1-2H3/b23-4-,35-31+. The quantitative estimate of drug-likeness (QED) is 0.149. The Morgan fingerprint density at radius 3 is 2.82 bits per heavy atom. The van der Waals surface area contributed by atoms with Crippen LogP contribution >= 0.6 is 0 Å². The number of rotatable bonds is 7. The van der Waals surface area contributed by atoms with E-state index in [0.717, 1.165) is 48.8 Å². The number of nitro groups is 1. The molecule has 2 heterocycles. The Morgan fingerprint density at radius 2 is 2.10 bits per heavy atom. The van der Waals surface area contributed by atoms with Gasteiger partial charge >= 0.3 is 5.69 Å². The van der Waals surface area contributed by atoms with Crippen molar-refractivity contribution in [1.29, 1.82) is 0 Å². The number of hydrogen-bond acceptors (Lipinski definition) is 4. The van der Waals surface area contributed by atoms with E-state index >= 15 is 0 Å². The predicted octanol–water partition coefficient (Wildman–Crippen LogP) is 7.71. The van der Waals surface area contributed by atoms with Crippen LogP contribution in [0.15, 0.2) is 65.6 Å². The first kappa shape index (κ1) is 26.4. The van der Waals surface area contributed by atoms with Gasteiger partial charge in [0.25, 0.3) is 0 Å². The summed E-state index contributed by atoms with van der Waals surface area (Å²) in [6.45, 7) is 8.91. The number of nitrogens with one attached hydrogen (secondary N) is 1. The van der Waals surface area contributed by atoms with Gasteiger partial charge in [0, 0.05) is 46.9 Å². The highest BCUT2D eigenvalue weighted by atomic mass is 19.1. The highest BCUT2D eigenvalue weighted by Crippen LogP contribution is 2.32. The molecule has 2 aromatic carbocycles. The second-order valence-electron chi connectivity index (χ2n) is 10.2. The van der Waals surface area contributed by atoms with Gasteiger partial charge in [-0.2, -0.15) is 4.39 Å². The lowest BCUT2D eigenvalue weighted by molar-refractivity contribution is -0.387. The molecule has 0 bridgehead atoms. The third kappa shape index (κ3) is 5.37. The minimum Gasteiger partial charge on any atom is -0.347 e. The van der Waals surface area contributed by atoms with E-state index in [1.54, 1.807) is 0 Å². The molecule has 5 rings (SSSR count). The second-order valence-corrected chi connectivity index (χ2v) is 10.2. The number of benzene rings is 2. The van der Waals surface area contributed by atoms with Crippen LogP contribution in [0, 0.1) is 33.7 Å². The van der Waals surface area contributed by atoms with Crippen molar-refractivity contribution in [2.24, 2.45) is 10.9 Å². The van der Waals surface area contributed by atoms with E-state index < -0.39 is 16.4 Å². The molecule has 0 unspecified atom stereocenters. The van der Waals surface area contributed by atoms with Gasteiger partial charge in [0.15, 0.2) is 0 Å². The van der Waals surface area contributed by atoms with E-state index in [9.17, 15) is 14.5 Å². The SMILES string of the molecule is C=C(/N=C(\C(C#CC1CCCC1)=C/C)c1cn2c3c(cccc13)CCC2)Nc1cc([N+](=O)[O-])c(F)cc1CC. The Labute approximate surface area is 228 Å². The van der Waals surface area contributed by atoms with E-state index in [1.807, 2.05) is 19.9 Å². The summed E-state index contributed by atoms with van der Waals surface area (Å²) in [7, 11) is 0. The number of hydrogen-bond donors (Lipinski definition) is 1. The topological polar surface area (TPSA) is 72.5 Å². The normalized spacial score (nSPS) is 15.8. The van der Waals surface area contributed by atoms with Crippen molar-refractivity contribution in [2.45, 2.75) is 65.3 Å². The summed E-state index contributed by atoms with van der Waals surface area (Å²) in [4.78, 5) is 15.6. The van der Waals surface area contributed by atoms with Gasteiger partial charge in [0.05, 0.1) is 16.2 Å². The van der Waals surface area contributed by atoms with Crippen LogP contribution in [0.25, 0.3) is 10.9 Å². The summed E-state index contributed by atoms with van der Waals surface area (Å²) in [5, 5.41) is 15.6. The van der Waals surface area contributed by atoms with E-state index in [0.29, 0.717) is 35.1 Å². The molecular weight excluding hydrogens is 491 g/mol. The lowest BCUT2D eigenvalue weighted by atomic mass is 9.98. The van der Waals surface area contributed by atoms with Gasteiger partial charge in [-0.15, -0.1) is 0 Å². The molecular formula is C32H33FN4O2. The minimum atomic E-state index is -0.857. The first-order valence-electron chi connectivity index (χ1n) is 13.7. The fourth-order valence-electron chi connectivity index (χ4n) is 5.70. The Bertz CT molecular complexity index is 1580. The van der Waals surface area contributed by atoms with Crippen molar-refractivity contribution in [3.05, 3.63) is 93.2 Å². The highest BCUT2D eigenvalue weighted by Gasteiger charge is 2.22. The number of halogens is 1. The van der Waals surface area contributed by atoms with Gasteiger partial charge < -0.3 is 9.88 Å². The lowest BCUT2D eigenvalue weighted by Crippen LogP contribution is -2.09. The molecule has 0 saturated heterocycles. The van der Waals surface area contributed by atoms with Crippen molar-refractivity contribution in [3.63, 3.8) is 0 Å². The zero-order valence-electron chi connectivity index (χ0n) is 22.5.